The fourth-order valence-corrected chi connectivity index (χ4v) is 4.21. The molecule has 1 aliphatic rings. The minimum absolute atomic E-state index is 0.135. The monoisotopic (exact) mass is 424 g/mol. The lowest BCUT2D eigenvalue weighted by atomic mass is 10.1. The number of anilines is 1. The van der Waals surface area contributed by atoms with Crippen LogP contribution >= 0.6 is 11.8 Å². The van der Waals surface area contributed by atoms with Gasteiger partial charge in [0.25, 0.3) is 0 Å². The van der Waals surface area contributed by atoms with Crippen molar-refractivity contribution in [2.45, 2.75) is 23.0 Å². The molecule has 5 rings (SSSR count). The van der Waals surface area contributed by atoms with Gasteiger partial charge in [-0.1, -0.05) is 11.8 Å². The molecule has 4 aromatic rings. The normalized spacial score (nSPS) is 12.5. The zero-order chi connectivity index (χ0) is 20.7. The zero-order valence-corrected chi connectivity index (χ0v) is 16.3. The van der Waals surface area contributed by atoms with Crippen molar-refractivity contribution in [2.24, 2.45) is 5.73 Å². The van der Waals surface area contributed by atoms with E-state index < -0.39 is 5.91 Å². The lowest BCUT2D eigenvalue weighted by molar-refractivity contribution is -0.118. The van der Waals surface area contributed by atoms with Crippen LogP contribution in [0.15, 0.2) is 40.8 Å². The molecule has 0 bridgehead atoms. The van der Waals surface area contributed by atoms with Gasteiger partial charge < -0.3 is 25.5 Å². The number of imidazole rings is 1. The maximum Gasteiger partial charge on any atom is 0.231 e. The number of H-pyrrole nitrogens is 1. The molecular formula is C18H16N8O3S. The van der Waals surface area contributed by atoms with Gasteiger partial charge in [0.05, 0.1) is 5.69 Å². The summed E-state index contributed by atoms with van der Waals surface area (Å²) in [5.74, 6) is 1.12. The molecule has 5 N–H and O–H groups in total. The Morgan fingerprint density at radius 3 is 2.87 bits per heavy atom. The van der Waals surface area contributed by atoms with E-state index in [1.807, 2.05) is 22.8 Å². The molecule has 3 aromatic heterocycles. The molecule has 0 saturated carbocycles. The molecule has 0 fully saturated rings. The number of nitrogens with two attached hydrogens (primary N) is 2. The number of nitrogens with zero attached hydrogens (tertiary/aromatic N) is 5. The summed E-state index contributed by atoms with van der Waals surface area (Å²) in [6, 6.07) is 5.62. The Morgan fingerprint density at radius 2 is 2.10 bits per heavy atom. The smallest absolute Gasteiger partial charge is 0.231 e. The van der Waals surface area contributed by atoms with E-state index in [-0.39, 0.29) is 19.0 Å². The van der Waals surface area contributed by atoms with Crippen LogP contribution in [-0.4, -0.2) is 42.4 Å². The standard InChI is InChI=1S/C18H16N8O3S/c19-14(27)2-4-26-17-15(16(20)21-7-22-17)24-18(26)30-13-6-12-11(28-8-29-12)5-9(13)10-1-3-23-25-10/h1,3,5-7H,2,4,8H2,(H2,19,27)(H,23,25)(H2,20,21,22). The molecule has 4 heterocycles. The molecule has 0 radical (unpaired) electrons. The summed E-state index contributed by atoms with van der Waals surface area (Å²) < 4.78 is 12.9. The van der Waals surface area contributed by atoms with Crippen LogP contribution in [0.2, 0.25) is 0 Å². The van der Waals surface area contributed by atoms with Crippen molar-refractivity contribution in [2.75, 3.05) is 12.5 Å². The first-order chi connectivity index (χ1) is 14.6. The molecule has 0 aliphatic carbocycles. The second-order valence-electron chi connectivity index (χ2n) is 6.46. The van der Waals surface area contributed by atoms with Gasteiger partial charge >= 0.3 is 0 Å². The van der Waals surface area contributed by atoms with Crippen LogP contribution in [0.25, 0.3) is 22.4 Å². The average molecular weight is 424 g/mol. The Kier molecular flexibility index (Phi) is 4.39. The molecule has 152 valence electrons. The lowest BCUT2D eigenvalue weighted by Crippen LogP contribution is -2.14. The van der Waals surface area contributed by atoms with Crippen molar-refractivity contribution in [1.29, 1.82) is 0 Å². The van der Waals surface area contributed by atoms with Gasteiger partial charge in [-0.2, -0.15) is 5.10 Å². The second kappa shape index (κ2) is 7.22. The van der Waals surface area contributed by atoms with Crippen molar-refractivity contribution in [3.05, 3.63) is 30.7 Å². The number of aromatic amines is 1. The summed E-state index contributed by atoms with van der Waals surface area (Å²) in [5, 5.41) is 7.70. The molecule has 0 saturated heterocycles. The number of carbonyl (C=O) groups excluding carboxylic acids is 1. The number of hydrogen-bond donors (Lipinski definition) is 3. The molecule has 1 aromatic carbocycles. The van der Waals surface area contributed by atoms with Crippen LogP contribution in [0.1, 0.15) is 6.42 Å². The van der Waals surface area contributed by atoms with E-state index >= 15 is 0 Å². The van der Waals surface area contributed by atoms with E-state index in [2.05, 4.69) is 25.1 Å². The highest BCUT2D eigenvalue weighted by atomic mass is 32.2. The van der Waals surface area contributed by atoms with Gasteiger partial charge in [-0.05, 0) is 18.2 Å². The number of rotatable bonds is 6. The molecule has 1 amide bonds. The fraction of sp³-hybridized carbons (Fsp3) is 0.167. The maximum absolute atomic E-state index is 11.4. The first kappa shape index (κ1) is 18.2. The number of nitrogens with one attached hydrogen (secondary N) is 1. The van der Waals surface area contributed by atoms with Crippen molar-refractivity contribution in [1.82, 2.24) is 29.7 Å². The van der Waals surface area contributed by atoms with E-state index in [4.69, 9.17) is 20.9 Å². The number of aryl methyl sites for hydroxylation is 1. The van der Waals surface area contributed by atoms with Crippen LogP contribution in [0.3, 0.4) is 0 Å². The summed E-state index contributed by atoms with van der Waals surface area (Å²) in [5.41, 5.74) is 13.9. The Bertz CT molecular complexity index is 1250. The lowest BCUT2D eigenvalue weighted by Gasteiger charge is -2.11. The number of primary amides is 1. The highest BCUT2D eigenvalue weighted by Crippen LogP contribution is 2.44. The average Bonchev–Trinajstić information content (AvgIpc) is 3.46. The van der Waals surface area contributed by atoms with Gasteiger partial charge in [0.15, 0.2) is 33.6 Å². The van der Waals surface area contributed by atoms with Crippen molar-refractivity contribution >= 4 is 34.7 Å². The summed E-state index contributed by atoms with van der Waals surface area (Å²) in [4.78, 5) is 25.2. The number of carbonyl (C=O) groups is 1. The third kappa shape index (κ3) is 3.16. The number of benzene rings is 1. The van der Waals surface area contributed by atoms with Crippen molar-refractivity contribution in [3.63, 3.8) is 0 Å². The summed E-state index contributed by atoms with van der Waals surface area (Å²) in [7, 11) is 0. The van der Waals surface area contributed by atoms with Gasteiger partial charge in [-0.3, -0.25) is 9.89 Å². The molecule has 1 aliphatic heterocycles. The minimum atomic E-state index is -0.421. The number of amides is 1. The van der Waals surface area contributed by atoms with Crippen molar-refractivity contribution < 1.29 is 14.3 Å². The van der Waals surface area contributed by atoms with E-state index in [0.29, 0.717) is 34.4 Å². The van der Waals surface area contributed by atoms with Gasteiger partial charge in [0.1, 0.15) is 6.33 Å². The first-order valence-electron chi connectivity index (χ1n) is 8.97. The maximum atomic E-state index is 11.4. The van der Waals surface area contributed by atoms with Crippen LogP contribution in [0, 0.1) is 0 Å². The molecule has 12 heteroatoms. The molecule has 30 heavy (non-hydrogen) atoms. The third-order valence-corrected chi connectivity index (χ3v) is 5.61. The zero-order valence-electron chi connectivity index (χ0n) is 15.5. The minimum Gasteiger partial charge on any atom is -0.454 e. The number of fused-ring (bicyclic) bond motifs is 2. The Hall–Kier alpha value is -3.80. The predicted octanol–water partition coefficient (Wildman–Crippen LogP) is 1.55. The van der Waals surface area contributed by atoms with Crippen LogP contribution < -0.4 is 20.9 Å². The number of nitrogen functional groups attached to an aromatic ring is 1. The van der Waals surface area contributed by atoms with Crippen molar-refractivity contribution in [3.8, 4) is 22.8 Å². The topological polar surface area (TPSA) is 160 Å². The van der Waals surface area contributed by atoms with Crippen LogP contribution in [0.4, 0.5) is 5.82 Å². The van der Waals surface area contributed by atoms with Gasteiger partial charge in [-0.15, -0.1) is 0 Å². The van der Waals surface area contributed by atoms with E-state index in [1.165, 1.54) is 18.1 Å². The quantitative estimate of drug-likeness (QED) is 0.417. The highest BCUT2D eigenvalue weighted by Gasteiger charge is 2.23. The number of aromatic nitrogens is 6. The molecule has 0 unspecified atom stereocenters. The first-order valence-corrected chi connectivity index (χ1v) is 9.78. The SMILES string of the molecule is NC(=O)CCn1c(Sc2cc3c(cc2-c2cc[nH]n2)OCO3)nc2c(N)ncnc21. The molecular weight excluding hydrogens is 408 g/mol. The summed E-state index contributed by atoms with van der Waals surface area (Å²) >= 11 is 1.38. The Labute approximate surface area is 173 Å². The highest BCUT2D eigenvalue weighted by molar-refractivity contribution is 7.99. The van der Waals surface area contributed by atoms with Gasteiger partial charge in [0.2, 0.25) is 12.7 Å². The number of hydrogen-bond acceptors (Lipinski definition) is 9. The Balaban J connectivity index is 1.63. The van der Waals surface area contributed by atoms with Gasteiger partial charge in [0, 0.05) is 29.6 Å². The largest absolute Gasteiger partial charge is 0.454 e. The molecule has 0 spiro atoms. The predicted molar refractivity (Wildman–Crippen MR) is 108 cm³/mol. The number of ether oxygens (including phenoxy) is 2. The Morgan fingerprint density at radius 1 is 1.27 bits per heavy atom. The third-order valence-electron chi connectivity index (χ3n) is 4.56. The fourth-order valence-electron chi connectivity index (χ4n) is 3.15. The summed E-state index contributed by atoms with van der Waals surface area (Å²) in [6.07, 6.45) is 3.24. The summed E-state index contributed by atoms with van der Waals surface area (Å²) in [6.45, 7) is 0.472. The molecule has 0 atom stereocenters. The van der Waals surface area contributed by atoms with E-state index in [1.54, 1.807) is 6.20 Å². The van der Waals surface area contributed by atoms with Crippen LogP contribution in [0.5, 0.6) is 11.5 Å². The molecule has 11 nitrogen and oxygen atoms in total. The van der Waals surface area contributed by atoms with Gasteiger partial charge in [-0.25, -0.2) is 15.0 Å². The second-order valence-corrected chi connectivity index (χ2v) is 7.47. The van der Waals surface area contributed by atoms with E-state index in [0.717, 1.165) is 16.2 Å². The van der Waals surface area contributed by atoms with Crippen LogP contribution in [-0.2, 0) is 11.3 Å². The van der Waals surface area contributed by atoms with E-state index in [9.17, 15) is 4.79 Å².